The van der Waals surface area contributed by atoms with Gasteiger partial charge in [0, 0.05) is 44.3 Å². The van der Waals surface area contributed by atoms with Crippen LogP contribution in [-0.4, -0.2) is 42.0 Å². The highest BCUT2D eigenvalue weighted by Gasteiger charge is 2.56. The van der Waals surface area contributed by atoms with Crippen molar-refractivity contribution in [2.45, 2.75) is 50.2 Å². The number of hydrogen-bond acceptors (Lipinski definition) is 4. The number of amides is 1. The molecule has 2 heterocycles. The van der Waals surface area contributed by atoms with Gasteiger partial charge in [-0.05, 0) is 61.6 Å². The Labute approximate surface area is 155 Å². The number of rotatable bonds is 4. The number of pyridine rings is 1. The lowest BCUT2D eigenvalue weighted by Crippen LogP contribution is -2.60. The molecule has 0 spiro atoms. The van der Waals surface area contributed by atoms with Gasteiger partial charge in [-0.3, -0.25) is 14.7 Å². The van der Waals surface area contributed by atoms with Crippen LogP contribution in [0.5, 0.6) is 0 Å². The Hall–Kier alpha value is -1.46. The summed E-state index contributed by atoms with van der Waals surface area (Å²) in [5.41, 5.74) is 6.61. The van der Waals surface area contributed by atoms with Gasteiger partial charge in [-0.2, -0.15) is 0 Å². The highest BCUT2D eigenvalue weighted by molar-refractivity contribution is 5.90. The van der Waals surface area contributed by atoms with Crippen molar-refractivity contribution in [2.24, 2.45) is 29.4 Å². The van der Waals surface area contributed by atoms with E-state index in [1.807, 2.05) is 19.2 Å². The van der Waals surface area contributed by atoms with Crippen LogP contribution in [0.1, 0.15) is 54.6 Å². The third-order valence-corrected chi connectivity index (χ3v) is 7.76. The Bertz CT molecular complexity index is 697. The van der Waals surface area contributed by atoms with Crippen molar-refractivity contribution < 1.29 is 9.53 Å². The number of methoxy groups -OCH3 is 1. The molecule has 26 heavy (non-hydrogen) atoms. The molecule has 3 aliphatic carbocycles. The fraction of sp³-hybridized carbons (Fsp3) is 0.714. The van der Waals surface area contributed by atoms with Gasteiger partial charge in [0.1, 0.15) is 11.3 Å². The van der Waals surface area contributed by atoms with Crippen molar-refractivity contribution >= 4 is 5.91 Å². The van der Waals surface area contributed by atoms with Crippen molar-refractivity contribution in [1.29, 1.82) is 0 Å². The van der Waals surface area contributed by atoms with Gasteiger partial charge >= 0.3 is 0 Å². The van der Waals surface area contributed by atoms with Crippen molar-refractivity contribution in [2.75, 3.05) is 20.2 Å². The molecule has 2 unspecified atom stereocenters. The average molecular weight is 355 g/mol. The number of piperidine rings is 1. The van der Waals surface area contributed by atoms with Crippen LogP contribution in [0.25, 0.3) is 0 Å². The lowest BCUT2D eigenvalue weighted by molar-refractivity contribution is -0.174. The van der Waals surface area contributed by atoms with Crippen LogP contribution in [0, 0.1) is 23.7 Å². The summed E-state index contributed by atoms with van der Waals surface area (Å²) in [5.74, 6) is 2.52. The summed E-state index contributed by atoms with van der Waals surface area (Å²) < 4.78 is 6.30. The molecule has 2 N–H and O–H groups in total. The zero-order valence-corrected chi connectivity index (χ0v) is 15.6. The standard InChI is InChI=1S/C21H29N3O2/c1-26-21(15-5-6-23-19(10-15)20(22)25)16-3-2-4-17(21)12-24(11-16)18-8-13-7-14(13)9-18/h5-6,10,13-14,16-18H,2-4,7-9,11-12H2,1H3,(H2,22,25)/t13-,14+,16?,17?,18-,21?. The summed E-state index contributed by atoms with van der Waals surface area (Å²) in [5, 5.41) is 0. The molecule has 1 saturated heterocycles. The molecule has 1 aromatic heterocycles. The Balaban J connectivity index is 1.46. The van der Waals surface area contributed by atoms with Crippen molar-refractivity contribution in [3.8, 4) is 0 Å². The van der Waals surface area contributed by atoms with E-state index in [-0.39, 0.29) is 5.60 Å². The summed E-state index contributed by atoms with van der Waals surface area (Å²) in [6.07, 6.45) is 9.66. The smallest absolute Gasteiger partial charge is 0.267 e. The molecule has 0 radical (unpaired) electrons. The van der Waals surface area contributed by atoms with Gasteiger partial charge in [-0.15, -0.1) is 0 Å². The molecule has 1 aliphatic heterocycles. The SMILES string of the molecule is COC1(c2ccnc(C(N)=O)c2)C2CCCC1CN([C@@H]1C[C@H]3C[C@H]3C1)C2. The number of primary amides is 1. The van der Waals surface area contributed by atoms with Crippen LogP contribution in [0.15, 0.2) is 18.3 Å². The van der Waals surface area contributed by atoms with Gasteiger partial charge < -0.3 is 10.5 Å². The fourth-order valence-corrected chi connectivity index (χ4v) is 6.48. The molecule has 5 rings (SSSR count). The molecule has 140 valence electrons. The minimum Gasteiger partial charge on any atom is -0.373 e. The normalized spacial score (nSPS) is 41.7. The molecular weight excluding hydrogens is 326 g/mol. The monoisotopic (exact) mass is 355 g/mol. The van der Waals surface area contributed by atoms with Crippen LogP contribution in [0.4, 0.5) is 0 Å². The minimum absolute atomic E-state index is 0.302. The van der Waals surface area contributed by atoms with Crippen molar-refractivity contribution in [1.82, 2.24) is 9.88 Å². The highest BCUT2D eigenvalue weighted by Crippen LogP contribution is 2.56. The average Bonchev–Trinajstić information content (AvgIpc) is 3.25. The van der Waals surface area contributed by atoms with Gasteiger partial charge in [0.25, 0.3) is 5.91 Å². The Morgan fingerprint density at radius 2 is 1.92 bits per heavy atom. The van der Waals surface area contributed by atoms with E-state index in [9.17, 15) is 4.79 Å². The largest absolute Gasteiger partial charge is 0.373 e. The van der Waals surface area contributed by atoms with Crippen molar-refractivity contribution in [3.63, 3.8) is 0 Å². The second-order valence-electron chi connectivity index (χ2n) is 8.95. The van der Waals surface area contributed by atoms with E-state index in [0.29, 0.717) is 17.5 Å². The molecule has 1 aromatic rings. The summed E-state index contributed by atoms with van der Waals surface area (Å²) >= 11 is 0. The predicted molar refractivity (Wildman–Crippen MR) is 98.5 cm³/mol. The summed E-state index contributed by atoms with van der Waals surface area (Å²) in [6, 6.07) is 4.69. The number of likely N-dealkylation sites (tertiary alicyclic amines) is 1. The molecule has 4 fully saturated rings. The molecule has 4 aliphatic rings. The van der Waals surface area contributed by atoms with Gasteiger partial charge in [0.15, 0.2) is 0 Å². The third-order valence-electron chi connectivity index (χ3n) is 7.76. The van der Waals surface area contributed by atoms with Gasteiger partial charge in [-0.1, -0.05) is 6.42 Å². The maximum absolute atomic E-state index is 11.6. The Morgan fingerprint density at radius 1 is 1.23 bits per heavy atom. The van der Waals surface area contributed by atoms with Crippen LogP contribution < -0.4 is 5.73 Å². The first-order valence-corrected chi connectivity index (χ1v) is 10.2. The maximum Gasteiger partial charge on any atom is 0.267 e. The van der Waals surface area contributed by atoms with E-state index < -0.39 is 5.91 Å². The van der Waals surface area contributed by atoms with Crippen LogP contribution in [-0.2, 0) is 10.3 Å². The minimum atomic E-state index is -0.467. The zero-order chi connectivity index (χ0) is 17.9. The number of hydrogen-bond donors (Lipinski definition) is 1. The number of fused-ring (bicyclic) bond motifs is 3. The first-order valence-electron chi connectivity index (χ1n) is 10.2. The summed E-state index contributed by atoms with van der Waals surface area (Å²) in [7, 11) is 1.84. The third kappa shape index (κ3) is 2.43. The van der Waals surface area contributed by atoms with Crippen LogP contribution >= 0.6 is 0 Å². The summed E-state index contributed by atoms with van der Waals surface area (Å²) in [6.45, 7) is 2.23. The second-order valence-corrected chi connectivity index (χ2v) is 8.95. The van der Waals surface area contributed by atoms with Gasteiger partial charge in [-0.25, -0.2) is 0 Å². The number of aromatic nitrogens is 1. The molecule has 2 bridgehead atoms. The van der Waals surface area contributed by atoms with E-state index in [1.54, 1.807) is 6.20 Å². The summed E-state index contributed by atoms with van der Waals surface area (Å²) in [4.78, 5) is 18.6. The van der Waals surface area contributed by atoms with Crippen LogP contribution in [0.3, 0.4) is 0 Å². The number of nitrogens with zero attached hydrogens (tertiary/aromatic N) is 2. The molecule has 5 nitrogen and oxygen atoms in total. The first kappa shape index (κ1) is 16.7. The molecule has 1 amide bonds. The van der Waals surface area contributed by atoms with Gasteiger partial charge in [0.2, 0.25) is 0 Å². The molecule has 5 atom stereocenters. The fourth-order valence-electron chi connectivity index (χ4n) is 6.48. The maximum atomic E-state index is 11.6. The number of nitrogens with two attached hydrogens (primary N) is 1. The topological polar surface area (TPSA) is 68.5 Å². The van der Waals surface area contributed by atoms with Gasteiger partial charge in [0.05, 0.1) is 0 Å². The molecule has 0 aromatic carbocycles. The van der Waals surface area contributed by atoms with E-state index in [2.05, 4.69) is 9.88 Å². The highest BCUT2D eigenvalue weighted by atomic mass is 16.5. The Morgan fingerprint density at radius 3 is 2.54 bits per heavy atom. The molecule has 3 saturated carbocycles. The lowest BCUT2D eigenvalue weighted by Gasteiger charge is -2.56. The molecule has 5 heteroatoms. The van der Waals surface area contributed by atoms with E-state index in [1.165, 1.54) is 38.5 Å². The van der Waals surface area contributed by atoms with E-state index in [4.69, 9.17) is 10.5 Å². The first-order chi connectivity index (χ1) is 12.6. The predicted octanol–water partition coefficient (Wildman–Crippen LogP) is 2.55. The number of ether oxygens (including phenoxy) is 1. The van der Waals surface area contributed by atoms with E-state index in [0.717, 1.165) is 36.5 Å². The molecular formula is C21H29N3O2. The quantitative estimate of drug-likeness (QED) is 0.901. The lowest BCUT2D eigenvalue weighted by atomic mass is 9.62. The van der Waals surface area contributed by atoms with Crippen LogP contribution in [0.2, 0.25) is 0 Å². The second kappa shape index (κ2) is 6.03. The van der Waals surface area contributed by atoms with Crippen molar-refractivity contribution in [3.05, 3.63) is 29.6 Å². The van der Waals surface area contributed by atoms with E-state index >= 15 is 0 Å². The number of carbonyl (C=O) groups is 1. The Kier molecular flexibility index (Phi) is 3.87. The zero-order valence-electron chi connectivity index (χ0n) is 15.6. The number of carbonyl (C=O) groups excluding carboxylic acids is 1.